The summed E-state index contributed by atoms with van der Waals surface area (Å²) in [5.41, 5.74) is 3.05. The monoisotopic (exact) mass is 391 g/mol. The Kier molecular flexibility index (Phi) is 5.04. The van der Waals surface area contributed by atoms with Gasteiger partial charge in [-0.3, -0.25) is 0 Å². The Morgan fingerprint density at radius 1 is 1.10 bits per heavy atom. The summed E-state index contributed by atoms with van der Waals surface area (Å²) in [4.78, 5) is 11.4. The summed E-state index contributed by atoms with van der Waals surface area (Å²) in [6.45, 7) is 2.52. The van der Waals surface area contributed by atoms with Gasteiger partial charge in [-0.25, -0.2) is 9.97 Å². The number of nitrogens with one attached hydrogen (secondary N) is 1. The summed E-state index contributed by atoms with van der Waals surface area (Å²) in [6.07, 6.45) is 6.12. The second-order valence-electron chi connectivity index (χ2n) is 7.99. The molecule has 0 aromatic carbocycles. The first kappa shape index (κ1) is 18.3. The molecule has 0 unspecified atom stereocenters. The normalized spacial score (nSPS) is 24.3. The molecule has 1 N–H and O–H groups in total. The predicted octanol–water partition coefficient (Wildman–Crippen LogP) is 2.31. The van der Waals surface area contributed by atoms with Crippen molar-refractivity contribution in [1.29, 1.82) is 5.26 Å². The summed E-state index contributed by atoms with van der Waals surface area (Å²) in [5.74, 6) is 1.62. The Hall–Kier alpha value is -2.69. The molecule has 5 rings (SSSR count). The predicted molar refractivity (Wildman–Crippen MR) is 109 cm³/mol. The molecular formula is C22H25N5O2. The second kappa shape index (κ2) is 7.97. The molecule has 7 heteroatoms. The minimum Gasteiger partial charge on any atom is -0.371 e. The van der Waals surface area contributed by atoms with Crippen molar-refractivity contribution in [3.63, 3.8) is 0 Å². The maximum absolute atomic E-state index is 9.67. The molecule has 1 aliphatic carbocycles. The zero-order valence-electron chi connectivity index (χ0n) is 16.4. The summed E-state index contributed by atoms with van der Waals surface area (Å²) < 4.78 is 12.4. The lowest BCUT2D eigenvalue weighted by Gasteiger charge is -2.23. The molecule has 4 heterocycles. The average molecular weight is 391 g/mol. The third-order valence-corrected chi connectivity index (χ3v) is 5.96. The van der Waals surface area contributed by atoms with Gasteiger partial charge in [0, 0.05) is 25.0 Å². The van der Waals surface area contributed by atoms with Gasteiger partial charge < -0.3 is 19.7 Å². The van der Waals surface area contributed by atoms with Gasteiger partial charge in [-0.15, -0.1) is 0 Å². The molecule has 0 amide bonds. The van der Waals surface area contributed by atoms with E-state index < -0.39 is 0 Å². The van der Waals surface area contributed by atoms with Gasteiger partial charge in [-0.2, -0.15) is 5.26 Å². The molecule has 2 atom stereocenters. The van der Waals surface area contributed by atoms with E-state index in [4.69, 9.17) is 14.5 Å². The van der Waals surface area contributed by atoms with Crippen molar-refractivity contribution in [2.75, 3.05) is 36.5 Å². The molecule has 7 nitrogen and oxygen atoms in total. The van der Waals surface area contributed by atoms with Crippen molar-refractivity contribution in [2.24, 2.45) is 0 Å². The molecule has 2 saturated heterocycles. The Morgan fingerprint density at radius 3 is 2.62 bits per heavy atom. The van der Waals surface area contributed by atoms with Crippen molar-refractivity contribution in [1.82, 2.24) is 9.97 Å². The molecule has 0 saturated carbocycles. The van der Waals surface area contributed by atoms with E-state index in [1.807, 2.05) is 24.3 Å². The third-order valence-electron chi connectivity index (χ3n) is 5.96. The quantitative estimate of drug-likeness (QED) is 0.860. The zero-order chi connectivity index (χ0) is 19.6. The minimum atomic E-state index is -0.0186. The lowest BCUT2D eigenvalue weighted by molar-refractivity contribution is -0.00461. The van der Waals surface area contributed by atoms with Crippen LogP contribution in [0.1, 0.15) is 29.7 Å². The molecule has 3 aliphatic rings. The van der Waals surface area contributed by atoms with Crippen LogP contribution in [0.2, 0.25) is 0 Å². The van der Waals surface area contributed by atoms with Crippen molar-refractivity contribution in [3.05, 3.63) is 47.3 Å². The summed E-state index contributed by atoms with van der Waals surface area (Å²) in [6, 6.07) is 10.3. The number of rotatable bonds is 3. The Bertz CT molecular complexity index is 897. The van der Waals surface area contributed by atoms with Crippen LogP contribution in [0.5, 0.6) is 0 Å². The zero-order valence-corrected chi connectivity index (χ0v) is 16.4. The summed E-state index contributed by atoms with van der Waals surface area (Å²) >= 11 is 0. The topological polar surface area (TPSA) is 83.3 Å². The maximum atomic E-state index is 9.67. The Labute approximate surface area is 170 Å². The van der Waals surface area contributed by atoms with E-state index in [-0.39, 0.29) is 18.2 Å². The van der Waals surface area contributed by atoms with Crippen LogP contribution in [0.3, 0.4) is 0 Å². The lowest BCUT2D eigenvalue weighted by atomic mass is 9.95. The van der Waals surface area contributed by atoms with Crippen LogP contribution < -0.4 is 10.2 Å². The number of ether oxygens (including phenoxy) is 2. The van der Waals surface area contributed by atoms with Crippen LogP contribution in [0.4, 0.5) is 11.6 Å². The van der Waals surface area contributed by atoms with E-state index in [1.54, 1.807) is 6.20 Å². The number of nitriles is 1. The molecule has 0 spiro atoms. The van der Waals surface area contributed by atoms with E-state index in [2.05, 4.69) is 21.3 Å². The van der Waals surface area contributed by atoms with E-state index in [9.17, 15) is 5.26 Å². The SMILES string of the molecule is N#Cc1cc2c(nc1N1C[C@@H]3OCC(Nc4ccccn4)CO[C@H]3C1)CCCC2. The number of hydrogen-bond acceptors (Lipinski definition) is 7. The fourth-order valence-electron chi connectivity index (χ4n) is 4.45. The van der Waals surface area contributed by atoms with E-state index in [0.717, 1.165) is 30.2 Å². The minimum absolute atomic E-state index is 0.0186. The van der Waals surface area contributed by atoms with Crippen LogP contribution in [-0.2, 0) is 22.3 Å². The van der Waals surface area contributed by atoms with Crippen molar-refractivity contribution in [3.8, 4) is 6.07 Å². The van der Waals surface area contributed by atoms with E-state index in [0.29, 0.717) is 31.9 Å². The molecule has 0 bridgehead atoms. The van der Waals surface area contributed by atoms with Gasteiger partial charge >= 0.3 is 0 Å². The highest BCUT2D eigenvalue weighted by molar-refractivity contribution is 5.57. The highest BCUT2D eigenvalue weighted by Gasteiger charge is 2.39. The molecule has 29 heavy (non-hydrogen) atoms. The molecule has 2 aromatic rings. The van der Waals surface area contributed by atoms with Gasteiger partial charge in [-0.1, -0.05) is 6.07 Å². The molecule has 2 aliphatic heterocycles. The fourth-order valence-corrected chi connectivity index (χ4v) is 4.45. The van der Waals surface area contributed by atoms with Crippen molar-refractivity contribution in [2.45, 2.75) is 43.9 Å². The first-order valence-electron chi connectivity index (χ1n) is 10.4. The van der Waals surface area contributed by atoms with Crippen LogP contribution in [0, 0.1) is 11.3 Å². The van der Waals surface area contributed by atoms with E-state index in [1.165, 1.54) is 18.4 Å². The smallest absolute Gasteiger partial charge is 0.147 e. The number of fused-ring (bicyclic) bond motifs is 2. The number of pyridine rings is 2. The van der Waals surface area contributed by atoms with Crippen molar-refractivity contribution >= 4 is 11.6 Å². The highest BCUT2D eigenvalue weighted by atomic mass is 16.6. The van der Waals surface area contributed by atoms with Gasteiger partial charge in [0.15, 0.2) is 0 Å². The van der Waals surface area contributed by atoms with Gasteiger partial charge in [0.05, 0.1) is 24.8 Å². The highest BCUT2D eigenvalue weighted by Crippen LogP contribution is 2.30. The first-order valence-corrected chi connectivity index (χ1v) is 10.4. The molecule has 0 radical (unpaired) electrons. The van der Waals surface area contributed by atoms with Crippen molar-refractivity contribution < 1.29 is 9.47 Å². The number of anilines is 2. The largest absolute Gasteiger partial charge is 0.371 e. The first-order chi connectivity index (χ1) is 14.3. The third kappa shape index (κ3) is 3.78. The molecule has 2 aromatic heterocycles. The van der Waals surface area contributed by atoms with E-state index >= 15 is 0 Å². The number of hydrogen-bond donors (Lipinski definition) is 1. The number of aryl methyl sites for hydroxylation is 2. The average Bonchev–Trinajstić information content (AvgIpc) is 3.09. The van der Waals surface area contributed by atoms with Gasteiger partial charge in [0.1, 0.15) is 29.9 Å². The molecule has 150 valence electrons. The van der Waals surface area contributed by atoms with Gasteiger partial charge in [0.25, 0.3) is 0 Å². The van der Waals surface area contributed by atoms with Crippen LogP contribution in [0.25, 0.3) is 0 Å². The van der Waals surface area contributed by atoms with Crippen LogP contribution in [-0.4, -0.2) is 54.5 Å². The fraction of sp³-hybridized carbons (Fsp3) is 0.500. The second-order valence-corrected chi connectivity index (χ2v) is 7.99. The van der Waals surface area contributed by atoms with Gasteiger partial charge in [0.2, 0.25) is 0 Å². The van der Waals surface area contributed by atoms with Crippen LogP contribution in [0.15, 0.2) is 30.5 Å². The number of nitrogens with zero attached hydrogens (tertiary/aromatic N) is 4. The number of aromatic nitrogens is 2. The maximum Gasteiger partial charge on any atom is 0.147 e. The molecular weight excluding hydrogens is 366 g/mol. The van der Waals surface area contributed by atoms with Crippen LogP contribution >= 0.6 is 0 Å². The standard InChI is InChI=1S/C22H25N5O2/c23-10-16-9-15-5-1-2-6-18(15)26-22(16)27-11-19-20(12-27)29-14-17(13-28-19)25-21-7-3-4-8-24-21/h3-4,7-9,17,19-20H,1-2,5-6,11-14H2,(H,24,25)/t19-,20-/m0/s1. The Morgan fingerprint density at radius 2 is 1.90 bits per heavy atom. The lowest BCUT2D eigenvalue weighted by Crippen LogP contribution is -2.32. The summed E-state index contributed by atoms with van der Waals surface area (Å²) in [7, 11) is 0. The van der Waals surface area contributed by atoms with Gasteiger partial charge in [-0.05, 0) is 49.4 Å². The molecule has 2 fully saturated rings. The Balaban J connectivity index is 1.28. The summed E-state index contributed by atoms with van der Waals surface area (Å²) in [5, 5.41) is 13.0.